The van der Waals surface area contributed by atoms with Gasteiger partial charge in [-0.15, -0.1) is 0 Å². The number of hydrogen-bond acceptors (Lipinski definition) is 4. The standard InChI is InChI=1S/C18H25N3O3/c1-4-15-18(23)21(14-11-13(2)5-6-16(14)24-15)12-17(22)20-9-7-19(3)8-10-20/h5-6,11,15H,4,7-10,12H2,1-3H3. The van der Waals surface area contributed by atoms with Gasteiger partial charge in [-0.2, -0.15) is 0 Å². The zero-order valence-corrected chi connectivity index (χ0v) is 14.6. The molecule has 2 amide bonds. The van der Waals surface area contributed by atoms with Gasteiger partial charge in [0.15, 0.2) is 6.10 Å². The minimum Gasteiger partial charge on any atom is -0.478 e. The van der Waals surface area contributed by atoms with Gasteiger partial charge in [-0.1, -0.05) is 13.0 Å². The van der Waals surface area contributed by atoms with Crippen LogP contribution in [0.3, 0.4) is 0 Å². The monoisotopic (exact) mass is 331 g/mol. The summed E-state index contributed by atoms with van der Waals surface area (Å²) in [5.74, 6) is 0.553. The largest absolute Gasteiger partial charge is 0.478 e. The van der Waals surface area contributed by atoms with Gasteiger partial charge >= 0.3 is 0 Å². The van der Waals surface area contributed by atoms with Gasteiger partial charge in [0, 0.05) is 26.2 Å². The first-order valence-corrected chi connectivity index (χ1v) is 8.54. The third-order valence-electron chi connectivity index (χ3n) is 4.74. The van der Waals surface area contributed by atoms with Crippen LogP contribution in [0.15, 0.2) is 18.2 Å². The normalized spacial score (nSPS) is 21.5. The second-order valence-electron chi connectivity index (χ2n) is 6.59. The van der Waals surface area contributed by atoms with Crippen LogP contribution in [-0.4, -0.2) is 67.5 Å². The Labute approximate surface area is 143 Å². The molecule has 1 aromatic carbocycles. The lowest BCUT2D eigenvalue weighted by atomic mass is 10.1. The number of aryl methyl sites for hydroxylation is 1. The van der Waals surface area contributed by atoms with E-state index in [0.717, 1.165) is 18.7 Å². The van der Waals surface area contributed by atoms with Gasteiger partial charge in [0.1, 0.15) is 12.3 Å². The van der Waals surface area contributed by atoms with Crippen LogP contribution in [-0.2, 0) is 9.59 Å². The molecular formula is C18H25N3O3. The summed E-state index contributed by atoms with van der Waals surface area (Å²) in [5, 5.41) is 0. The van der Waals surface area contributed by atoms with Crippen molar-refractivity contribution in [2.45, 2.75) is 26.4 Å². The summed E-state index contributed by atoms with van der Waals surface area (Å²) in [6.45, 7) is 7.14. The molecule has 1 unspecified atom stereocenters. The quantitative estimate of drug-likeness (QED) is 0.837. The summed E-state index contributed by atoms with van der Waals surface area (Å²) in [6, 6.07) is 5.76. The summed E-state index contributed by atoms with van der Waals surface area (Å²) in [6.07, 6.45) is 0.0752. The highest BCUT2D eigenvalue weighted by Crippen LogP contribution is 2.35. The van der Waals surface area contributed by atoms with E-state index in [2.05, 4.69) is 11.9 Å². The number of nitrogens with zero attached hydrogens (tertiary/aromatic N) is 3. The highest BCUT2D eigenvalue weighted by molar-refractivity contribution is 6.03. The number of carbonyl (C=O) groups excluding carboxylic acids is 2. The predicted octanol–water partition coefficient (Wildman–Crippen LogP) is 1.27. The number of carbonyl (C=O) groups is 2. The topological polar surface area (TPSA) is 53.1 Å². The van der Waals surface area contributed by atoms with Gasteiger partial charge in [-0.05, 0) is 38.1 Å². The molecule has 1 saturated heterocycles. The Morgan fingerprint density at radius 2 is 1.96 bits per heavy atom. The number of ether oxygens (including phenoxy) is 1. The minimum absolute atomic E-state index is 0.000610. The molecule has 1 aromatic rings. The lowest BCUT2D eigenvalue weighted by Gasteiger charge is -2.37. The maximum absolute atomic E-state index is 12.7. The number of piperazine rings is 1. The molecule has 0 bridgehead atoms. The van der Waals surface area contributed by atoms with Gasteiger partial charge in [0.2, 0.25) is 5.91 Å². The van der Waals surface area contributed by atoms with Crippen molar-refractivity contribution >= 4 is 17.5 Å². The van der Waals surface area contributed by atoms with Crippen molar-refractivity contribution in [2.24, 2.45) is 0 Å². The summed E-state index contributed by atoms with van der Waals surface area (Å²) < 4.78 is 5.80. The highest BCUT2D eigenvalue weighted by Gasteiger charge is 2.35. The van der Waals surface area contributed by atoms with E-state index in [1.165, 1.54) is 0 Å². The molecule has 3 rings (SSSR count). The van der Waals surface area contributed by atoms with E-state index in [1.807, 2.05) is 36.9 Å². The molecule has 24 heavy (non-hydrogen) atoms. The Morgan fingerprint density at radius 3 is 2.62 bits per heavy atom. The van der Waals surface area contributed by atoms with Gasteiger partial charge in [0.25, 0.3) is 5.91 Å². The minimum atomic E-state index is -0.513. The van der Waals surface area contributed by atoms with E-state index in [-0.39, 0.29) is 18.4 Å². The van der Waals surface area contributed by atoms with Crippen molar-refractivity contribution in [1.82, 2.24) is 9.80 Å². The van der Waals surface area contributed by atoms with E-state index < -0.39 is 6.10 Å². The summed E-state index contributed by atoms with van der Waals surface area (Å²) in [5.41, 5.74) is 1.74. The van der Waals surface area contributed by atoms with Crippen molar-refractivity contribution < 1.29 is 14.3 Å². The lowest BCUT2D eigenvalue weighted by Crippen LogP contribution is -2.53. The molecule has 2 aliphatic rings. The highest BCUT2D eigenvalue weighted by atomic mass is 16.5. The molecule has 6 heteroatoms. The number of benzene rings is 1. The molecule has 0 aromatic heterocycles. The molecule has 130 valence electrons. The van der Waals surface area contributed by atoms with Gasteiger partial charge in [-0.3, -0.25) is 14.5 Å². The number of hydrogen-bond donors (Lipinski definition) is 0. The molecular weight excluding hydrogens is 306 g/mol. The first-order chi connectivity index (χ1) is 11.5. The Morgan fingerprint density at radius 1 is 1.25 bits per heavy atom. The van der Waals surface area contributed by atoms with Crippen LogP contribution in [0.5, 0.6) is 5.75 Å². The SMILES string of the molecule is CCC1Oc2ccc(C)cc2N(CC(=O)N2CCN(C)CC2)C1=O. The Kier molecular flexibility index (Phi) is 4.76. The Hall–Kier alpha value is -2.08. The van der Waals surface area contributed by atoms with Crippen molar-refractivity contribution in [3.05, 3.63) is 23.8 Å². The zero-order valence-electron chi connectivity index (χ0n) is 14.6. The van der Waals surface area contributed by atoms with E-state index in [1.54, 1.807) is 4.90 Å². The van der Waals surface area contributed by atoms with Crippen LogP contribution in [0, 0.1) is 6.92 Å². The fourth-order valence-corrected chi connectivity index (χ4v) is 3.15. The predicted molar refractivity (Wildman–Crippen MR) is 92.3 cm³/mol. The maximum atomic E-state index is 12.7. The first-order valence-electron chi connectivity index (χ1n) is 8.54. The number of anilines is 1. The molecule has 1 fully saturated rings. The van der Waals surface area contributed by atoms with E-state index in [9.17, 15) is 9.59 Å². The molecule has 0 spiro atoms. The van der Waals surface area contributed by atoms with Crippen molar-refractivity contribution in [2.75, 3.05) is 44.7 Å². The van der Waals surface area contributed by atoms with Crippen LogP contribution < -0.4 is 9.64 Å². The Balaban J connectivity index is 1.81. The van der Waals surface area contributed by atoms with Crippen molar-refractivity contribution in [3.8, 4) is 5.75 Å². The van der Waals surface area contributed by atoms with Crippen LogP contribution >= 0.6 is 0 Å². The van der Waals surface area contributed by atoms with Gasteiger partial charge in [0.05, 0.1) is 5.69 Å². The molecule has 2 aliphatic heterocycles. The van der Waals surface area contributed by atoms with E-state index in [4.69, 9.17) is 4.74 Å². The number of amides is 2. The molecule has 1 atom stereocenters. The second-order valence-corrected chi connectivity index (χ2v) is 6.59. The maximum Gasteiger partial charge on any atom is 0.268 e. The van der Waals surface area contributed by atoms with E-state index >= 15 is 0 Å². The molecule has 0 saturated carbocycles. The average molecular weight is 331 g/mol. The number of likely N-dealkylation sites (N-methyl/N-ethyl adjacent to an activating group) is 1. The smallest absolute Gasteiger partial charge is 0.268 e. The fourth-order valence-electron chi connectivity index (χ4n) is 3.15. The summed E-state index contributed by atoms with van der Waals surface area (Å²) >= 11 is 0. The molecule has 0 radical (unpaired) electrons. The second kappa shape index (κ2) is 6.81. The average Bonchev–Trinajstić information content (AvgIpc) is 2.58. The van der Waals surface area contributed by atoms with Crippen LogP contribution in [0.2, 0.25) is 0 Å². The Bertz CT molecular complexity index is 638. The van der Waals surface area contributed by atoms with Crippen LogP contribution in [0.1, 0.15) is 18.9 Å². The first kappa shape index (κ1) is 16.8. The molecule has 0 aliphatic carbocycles. The van der Waals surface area contributed by atoms with Crippen LogP contribution in [0.4, 0.5) is 5.69 Å². The van der Waals surface area contributed by atoms with Crippen LogP contribution in [0.25, 0.3) is 0 Å². The third kappa shape index (κ3) is 3.24. The molecule has 6 nitrogen and oxygen atoms in total. The fraction of sp³-hybridized carbons (Fsp3) is 0.556. The molecule has 2 heterocycles. The van der Waals surface area contributed by atoms with Crippen molar-refractivity contribution in [1.29, 1.82) is 0 Å². The van der Waals surface area contributed by atoms with Gasteiger partial charge < -0.3 is 14.5 Å². The van der Waals surface area contributed by atoms with E-state index in [0.29, 0.717) is 30.9 Å². The number of rotatable bonds is 3. The number of fused-ring (bicyclic) bond motifs is 1. The third-order valence-corrected chi connectivity index (χ3v) is 4.74. The summed E-state index contributed by atoms with van der Waals surface area (Å²) in [4.78, 5) is 31.1. The summed E-state index contributed by atoms with van der Waals surface area (Å²) in [7, 11) is 2.05. The zero-order chi connectivity index (χ0) is 17.3. The van der Waals surface area contributed by atoms with Gasteiger partial charge in [-0.25, -0.2) is 0 Å². The molecule has 0 N–H and O–H groups in total. The van der Waals surface area contributed by atoms with Crippen molar-refractivity contribution in [3.63, 3.8) is 0 Å². The lowest BCUT2D eigenvalue weighted by molar-refractivity contribution is -0.134.